The van der Waals surface area contributed by atoms with E-state index in [4.69, 9.17) is 0 Å². The van der Waals surface area contributed by atoms with E-state index in [-0.39, 0.29) is 23.2 Å². The van der Waals surface area contributed by atoms with Crippen LogP contribution in [-0.2, 0) is 9.59 Å². The third-order valence-corrected chi connectivity index (χ3v) is 6.63. The van der Waals surface area contributed by atoms with E-state index in [1.54, 1.807) is 4.90 Å². The second kappa shape index (κ2) is 3.85. The van der Waals surface area contributed by atoms with Gasteiger partial charge in [-0.3, -0.25) is 9.59 Å². The van der Waals surface area contributed by atoms with E-state index >= 15 is 0 Å². The van der Waals surface area contributed by atoms with E-state index in [0.29, 0.717) is 43.9 Å². The minimum absolute atomic E-state index is 0.0110. The molecule has 0 aromatic carbocycles. The standard InChI is InChI=1S/C16H23NO3/c1-10-7-11-8-13(18)12-3-2-6-17-14(19)4-5-15(11,12)16(17,20)9-10/h10-12,20H,2-9H2,1H3/t10?,11?,12-,15?,16?/m1/s1. The van der Waals surface area contributed by atoms with Gasteiger partial charge in [0.05, 0.1) is 0 Å². The lowest BCUT2D eigenvalue weighted by molar-refractivity contribution is -0.256. The van der Waals surface area contributed by atoms with Gasteiger partial charge in [0.15, 0.2) is 0 Å². The van der Waals surface area contributed by atoms with E-state index in [1.165, 1.54) is 0 Å². The van der Waals surface area contributed by atoms with Crippen molar-refractivity contribution in [3.63, 3.8) is 0 Å². The molecule has 4 unspecified atom stereocenters. The summed E-state index contributed by atoms with van der Waals surface area (Å²) in [4.78, 5) is 26.6. The van der Waals surface area contributed by atoms with Crippen molar-refractivity contribution in [2.24, 2.45) is 23.2 Å². The zero-order valence-corrected chi connectivity index (χ0v) is 12.1. The number of rotatable bonds is 0. The van der Waals surface area contributed by atoms with Crippen molar-refractivity contribution in [3.05, 3.63) is 0 Å². The quantitative estimate of drug-likeness (QED) is 0.733. The van der Waals surface area contributed by atoms with Crippen molar-refractivity contribution in [2.75, 3.05) is 6.54 Å². The summed E-state index contributed by atoms with van der Waals surface area (Å²) in [5, 5.41) is 11.5. The zero-order valence-electron chi connectivity index (χ0n) is 12.1. The summed E-state index contributed by atoms with van der Waals surface area (Å²) in [6.45, 7) is 2.77. The Morgan fingerprint density at radius 2 is 2.15 bits per heavy atom. The Hall–Kier alpha value is -0.900. The molecule has 1 N–H and O–H groups in total. The van der Waals surface area contributed by atoms with Gasteiger partial charge in [-0.2, -0.15) is 0 Å². The average Bonchev–Trinajstić information content (AvgIpc) is 2.59. The van der Waals surface area contributed by atoms with Gasteiger partial charge in [-0.15, -0.1) is 0 Å². The summed E-state index contributed by atoms with van der Waals surface area (Å²) >= 11 is 0. The molecule has 4 rings (SSSR count). The first-order chi connectivity index (χ1) is 9.49. The van der Waals surface area contributed by atoms with Crippen LogP contribution in [0.5, 0.6) is 0 Å². The van der Waals surface area contributed by atoms with Gasteiger partial charge in [-0.05, 0) is 43.9 Å². The highest BCUT2D eigenvalue weighted by atomic mass is 16.3. The van der Waals surface area contributed by atoms with Crippen LogP contribution in [0.4, 0.5) is 0 Å². The molecule has 4 aliphatic rings. The van der Waals surface area contributed by atoms with Crippen LogP contribution in [0.15, 0.2) is 0 Å². The highest BCUT2D eigenvalue weighted by Gasteiger charge is 2.71. The van der Waals surface area contributed by atoms with Gasteiger partial charge in [0, 0.05) is 30.7 Å². The minimum atomic E-state index is -1.06. The maximum atomic E-state index is 12.5. The normalized spacial score (nSPS) is 50.9. The SMILES string of the molecule is CC1CC2CC(=O)[C@H]3CCCN4C(=O)CCC23C4(O)C1. The van der Waals surface area contributed by atoms with E-state index in [9.17, 15) is 14.7 Å². The Bertz CT molecular complexity index is 490. The smallest absolute Gasteiger partial charge is 0.224 e. The molecule has 2 heterocycles. The van der Waals surface area contributed by atoms with E-state index in [0.717, 1.165) is 19.3 Å². The van der Waals surface area contributed by atoms with Crippen molar-refractivity contribution in [2.45, 2.75) is 57.6 Å². The number of Topliss-reactive ketones (excluding diaryl/α,β-unsaturated/α-hetero) is 1. The number of aliphatic hydroxyl groups is 1. The predicted octanol–water partition coefficient (Wildman–Crippen LogP) is 1.71. The molecule has 1 spiro atoms. The lowest BCUT2D eigenvalue weighted by Crippen LogP contribution is -2.69. The fourth-order valence-electron chi connectivity index (χ4n) is 6.06. The predicted molar refractivity (Wildman–Crippen MR) is 72.6 cm³/mol. The molecule has 20 heavy (non-hydrogen) atoms. The number of amides is 1. The van der Waals surface area contributed by atoms with E-state index < -0.39 is 5.72 Å². The van der Waals surface area contributed by atoms with Crippen LogP contribution in [0, 0.1) is 23.2 Å². The molecule has 0 radical (unpaired) electrons. The fraction of sp³-hybridized carbons (Fsp3) is 0.875. The first-order valence-corrected chi connectivity index (χ1v) is 8.04. The maximum Gasteiger partial charge on any atom is 0.224 e. The van der Waals surface area contributed by atoms with Gasteiger partial charge in [-0.25, -0.2) is 0 Å². The minimum Gasteiger partial charge on any atom is -0.370 e. The van der Waals surface area contributed by atoms with Crippen molar-refractivity contribution < 1.29 is 14.7 Å². The topological polar surface area (TPSA) is 57.6 Å². The van der Waals surface area contributed by atoms with Gasteiger partial charge in [-0.1, -0.05) is 6.92 Å². The van der Waals surface area contributed by atoms with E-state index in [1.807, 2.05) is 0 Å². The molecule has 1 amide bonds. The molecule has 110 valence electrons. The van der Waals surface area contributed by atoms with Gasteiger partial charge in [0.1, 0.15) is 11.5 Å². The number of carbonyl (C=O) groups is 2. The van der Waals surface area contributed by atoms with Crippen LogP contribution in [-0.4, -0.2) is 34.0 Å². The molecule has 4 fully saturated rings. The lowest BCUT2D eigenvalue weighted by atomic mass is 9.53. The van der Waals surface area contributed by atoms with Crippen LogP contribution in [0.3, 0.4) is 0 Å². The molecule has 5 atom stereocenters. The number of hydrogen-bond acceptors (Lipinski definition) is 3. The van der Waals surface area contributed by atoms with Crippen LogP contribution in [0.2, 0.25) is 0 Å². The van der Waals surface area contributed by atoms with Crippen LogP contribution in [0.1, 0.15) is 51.9 Å². The highest BCUT2D eigenvalue weighted by molar-refractivity contribution is 5.87. The number of ketones is 1. The number of piperidine rings is 1. The summed E-state index contributed by atoms with van der Waals surface area (Å²) in [6, 6.07) is 0. The number of nitrogens with zero attached hydrogens (tertiary/aromatic N) is 1. The molecule has 2 saturated heterocycles. The Kier molecular flexibility index (Phi) is 2.46. The highest BCUT2D eigenvalue weighted by Crippen LogP contribution is 2.66. The molecule has 2 saturated carbocycles. The van der Waals surface area contributed by atoms with E-state index in [2.05, 4.69) is 6.92 Å². The van der Waals surface area contributed by atoms with Gasteiger partial charge >= 0.3 is 0 Å². The summed E-state index contributed by atoms with van der Waals surface area (Å²) in [6.07, 6.45) is 5.25. The third kappa shape index (κ3) is 1.27. The maximum absolute atomic E-state index is 12.5. The second-order valence-electron chi connectivity index (χ2n) is 7.51. The Balaban J connectivity index is 1.92. The Morgan fingerprint density at radius 3 is 2.95 bits per heavy atom. The summed E-state index contributed by atoms with van der Waals surface area (Å²) in [7, 11) is 0. The summed E-state index contributed by atoms with van der Waals surface area (Å²) < 4.78 is 0. The second-order valence-corrected chi connectivity index (χ2v) is 7.51. The van der Waals surface area contributed by atoms with Crippen LogP contribution in [0.25, 0.3) is 0 Å². The Labute approximate surface area is 119 Å². The molecule has 2 aliphatic carbocycles. The molecule has 2 aliphatic heterocycles. The molecular weight excluding hydrogens is 254 g/mol. The molecular formula is C16H23NO3. The van der Waals surface area contributed by atoms with Crippen LogP contribution >= 0.6 is 0 Å². The molecule has 2 bridgehead atoms. The monoisotopic (exact) mass is 277 g/mol. The third-order valence-electron chi connectivity index (χ3n) is 6.63. The fourth-order valence-corrected chi connectivity index (χ4v) is 6.06. The number of carbonyl (C=O) groups excluding carboxylic acids is 2. The van der Waals surface area contributed by atoms with Gasteiger partial charge in [0.25, 0.3) is 0 Å². The lowest BCUT2D eigenvalue weighted by Gasteiger charge is -2.61. The van der Waals surface area contributed by atoms with Crippen molar-refractivity contribution in [1.82, 2.24) is 4.90 Å². The molecule has 0 aromatic rings. The molecule has 0 aromatic heterocycles. The first-order valence-electron chi connectivity index (χ1n) is 8.04. The van der Waals surface area contributed by atoms with Crippen molar-refractivity contribution >= 4 is 11.7 Å². The average molecular weight is 277 g/mol. The number of hydrogen-bond donors (Lipinski definition) is 1. The molecule has 4 heteroatoms. The molecule has 4 nitrogen and oxygen atoms in total. The zero-order chi connectivity index (χ0) is 14.1. The van der Waals surface area contributed by atoms with Gasteiger partial charge in [0.2, 0.25) is 5.91 Å². The first kappa shape index (κ1) is 12.8. The van der Waals surface area contributed by atoms with Gasteiger partial charge < -0.3 is 10.0 Å². The van der Waals surface area contributed by atoms with Crippen molar-refractivity contribution in [1.29, 1.82) is 0 Å². The van der Waals surface area contributed by atoms with Crippen molar-refractivity contribution in [3.8, 4) is 0 Å². The summed E-state index contributed by atoms with van der Waals surface area (Å²) in [5.41, 5.74) is -1.39. The summed E-state index contributed by atoms with van der Waals surface area (Å²) in [5.74, 6) is 1.09. The largest absolute Gasteiger partial charge is 0.370 e. The Morgan fingerprint density at radius 1 is 1.35 bits per heavy atom. The van der Waals surface area contributed by atoms with Crippen LogP contribution < -0.4 is 0 Å².